The summed E-state index contributed by atoms with van der Waals surface area (Å²) in [6.45, 7) is 6.64. The van der Waals surface area contributed by atoms with Gasteiger partial charge in [-0.3, -0.25) is 4.98 Å². The van der Waals surface area contributed by atoms with Crippen molar-refractivity contribution in [1.29, 1.82) is 0 Å². The summed E-state index contributed by atoms with van der Waals surface area (Å²) >= 11 is 3.67. The van der Waals surface area contributed by atoms with Crippen LogP contribution in [0.5, 0.6) is 0 Å². The van der Waals surface area contributed by atoms with Crippen LogP contribution in [0.2, 0.25) is 0 Å². The molecule has 4 aromatic rings. The molecule has 0 spiro atoms. The number of pyridine rings is 1. The first kappa shape index (κ1) is 15.4. The van der Waals surface area contributed by atoms with Gasteiger partial charge in [-0.05, 0) is 41.3 Å². The molecule has 4 rings (SSSR count). The summed E-state index contributed by atoms with van der Waals surface area (Å²) in [5, 5.41) is 2.22. The first-order valence-corrected chi connectivity index (χ1v) is 8.81. The van der Waals surface area contributed by atoms with E-state index in [1.165, 1.54) is 5.56 Å². The molecule has 0 saturated carbocycles. The van der Waals surface area contributed by atoms with Crippen LogP contribution < -0.4 is 0 Å². The number of para-hydroxylation sites is 1. The second kappa shape index (κ2) is 5.45. The van der Waals surface area contributed by atoms with Crippen LogP contribution in [0.15, 0.2) is 63.6 Å². The number of hydrogen-bond donors (Lipinski definition) is 0. The Labute approximate surface area is 149 Å². The SMILES string of the molecule is CC(C)(C)c1ccnc(-c2ccc(Br)c3c2oc2ccccc23)c1. The minimum Gasteiger partial charge on any atom is -0.455 e. The molecular formula is C21H18BrNO. The van der Waals surface area contributed by atoms with E-state index in [-0.39, 0.29) is 5.41 Å². The molecule has 120 valence electrons. The molecule has 0 atom stereocenters. The number of aromatic nitrogens is 1. The van der Waals surface area contributed by atoms with Crippen LogP contribution in [-0.4, -0.2) is 4.98 Å². The van der Waals surface area contributed by atoms with Crippen LogP contribution in [0.25, 0.3) is 33.2 Å². The van der Waals surface area contributed by atoms with Crippen molar-refractivity contribution in [2.45, 2.75) is 26.2 Å². The van der Waals surface area contributed by atoms with Gasteiger partial charge in [-0.25, -0.2) is 0 Å². The van der Waals surface area contributed by atoms with Crippen molar-refractivity contribution in [1.82, 2.24) is 4.98 Å². The second-order valence-electron chi connectivity index (χ2n) is 7.08. The van der Waals surface area contributed by atoms with Gasteiger partial charge in [0.1, 0.15) is 11.2 Å². The number of fused-ring (bicyclic) bond motifs is 3. The average molecular weight is 380 g/mol. The van der Waals surface area contributed by atoms with E-state index in [2.05, 4.69) is 72.0 Å². The third kappa shape index (κ3) is 2.44. The summed E-state index contributed by atoms with van der Waals surface area (Å²) in [7, 11) is 0. The summed E-state index contributed by atoms with van der Waals surface area (Å²) in [6, 6.07) is 16.5. The predicted octanol–water partition coefficient (Wildman–Crippen LogP) is 6.71. The minimum atomic E-state index is 0.0834. The van der Waals surface area contributed by atoms with Crippen LogP contribution >= 0.6 is 15.9 Å². The Kier molecular flexibility index (Phi) is 3.50. The van der Waals surface area contributed by atoms with Gasteiger partial charge >= 0.3 is 0 Å². The maximum absolute atomic E-state index is 6.17. The fourth-order valence-electron chi connectivity index (χ4n) is 3.03. The molecule has 2 nitrogen and oxygen atoms in total. The highest BCUT2D eigenvalue weighted by Crippen LogP contribution is 2.39. The lowest BCUT2D eigenvalue weighted by atomic mass is 9.87. The molecule has 0 aliphatic heterocycles. The van der Waals surface area contributed by atoms with E-state index in [1.54, 1.807) is 0 Å². The summed E-state index contributed by atoms with van der Waals surface area (Å²) < 4.78 is 7.21. The summed E-state index contributed by atoms with van der Waals surface area (Å²) in [4.78, 5) is 4.60. The van der Waals surface area contributed by atoms with Gasteiger partial charge < -0.3 is 4.42 Å². The zero-order valence-corrected chi connectivity index (χ0v) is 15.5. The van der Waals surface area contributed by atoms with E-state index in [0.29, 0.717) is 0 Å². The van der Waals surface area contributed by atoms with Crippen LogP contribution in [0.3, 0.4) is 0 Å². The summed E-state index contributed by atoms with van der Waals surface area (Å²) in [5.74, 6) is 0. The highest BCUT2D eigenvalue weighted by atomic mass is 79.9. The molecule has 2 heterocycles. The molecule has 3 heteroatoms. The molecule has 2 aromatic carbocycles. The highest BCUT2D eigenvalue weighted by Gasteiger charge is 2.18. The molecular weight excluding hydrogens is 362 g/mol. The zero-order chi connectivity index (χ0) is 16.9. The first-order valence-electron chi connectivity index (χ1n) is 8.02. The van der Waals surface area contributed by atoms with E-state index >= 15 is 0 Å². The highest BCUT2D eigenvalue weighted by molar-refractivity contribution is 9.10. The molecule has 0 fully saturated rings. The maximum atomic E-state index is 6.17. The number of benzene rings is 2. The van der Waals surface area contributed by atoms with E-state index in [0.717, 1.165) is 37.7 Å². The van der Waals surface area contributed by atoms with E-state index in [9.17, 15) is 0 Å². The Morgan fingerprint density at radius 2 is 1.79 bits per heavy atom. The molecule has 24 heavy (non-hydrogen) atoms. The zero-order valence-electron chi connectivity index (χ0n) is 13.9. The maximum Gasteiger partial charge on any atom is 0.145 e. The molecule has 0 saturated heterocycles. The molecule has 0 amide bonds. The van der Waals surface area contributed by atoms with E-state index in [1.807, 2.05) is 24.4 Å². The fraction of sp³-hybridized carbons (Fsp3) is 0.190. The van der Waals surface area contributed by atoms with E-state index < -0.39 is 0 Å². The molecule has 2 aromatic heterocycles. The fourth-order valence-corrected chi connectivity index (χ4v) is 3.56. The summed E-state index contributed by atoms with van der Waals surface area (Å²) in [5.41, 5.74) is 5.09. The van der Waals surface area contributed by atoms with Gasteiger partial charge in [0.2, 0.25) is 0 Å². The smallest absolute Gasteiger partial charge is 0.145 e. The van der Waals surface area contributed by atoms with Crippen LogP contribution in [0, 0.1) is 0 Å². The number of furan rings is 1. The van der Waals surface area contributed by atoms with Gasteiger partial charge in [-0.15, -0.1) is 0 Å². The van der Waals surface area contributed by atoms with Gasteiger partial charge in [-0.1, -0.05) is 54.9 Å². The topological polar surface area (TPSA) is 26.0 Å². The van der Waals surface area contributed by atoms with Gasteiger partial charge in [0.05, 0.1) is 5.69 Å². The van der Waals surface area contributed by atoms with Crippen LogP contribution in [0.4, 0.5) is 0 Å². The second-order valence-corrected chi connectivity index (χ2v) is 7.93. The minimum absolute atomic E-state index is 0.0834. The lowest BCUT2D eigenvalue weighted by Gasteiger charge is -2.19. The Morgan fingerprint density at radius 3 is 2.58 bits per heavy atom. The number of hydrogen-bond acceptors (Lipinski definition) is 2. The predicted molar refractivity (Wildman–Crippen MR) is 103 cm³/mol. The van der Waals surface area contributed by atoms with Crippen LogP contribution in [0.1, 0.15) is 26.3 Å². The molecule has 0 N–H and O–H groups in total. The quantitative estimate of drug-likeness (QED) is 0.367. The van der Waals surface area contributed by atoms with Crippen LogP contribution in [-0.2, 0) is 5.41 Å². The van der Waals surface area contributed by atoms with Crippen molar-refractivity contribution in [2.24, 2.45) is 0 Å². The third-order valence-corrected chi connectivity index (χ3v) is 5.04. The van der Waals surface area contributed by atoms with E-state index in [4.69, 9.17) is 4.42 Å². The molecule has 0 aliphatic rings. The van der Waals surface area contributed by atoms with Crippen molar-refractivity contribution in [3.63, 3.8) is 0 Å². The monoisotopic (exact) mass is 379 g/mol. The van der Waals surface area contributed by atoms with Gasteiger partial charge in [0.15, 0.2) is 0 Å². The lowest BCUT2D eigenvalue weighted by molar-refractivity contribution is 0.589. The van der Waals surface area contributed by atoms with Crippen molar-refractivity contribution in [3.8, 4) is 11.3 Å². The standard InChI is InChI=1S/C21H18BrNO/c1-21(2,3)13-10-11-23-17(12-13)14-8-9-16(22)19-15-6-4-5-7-18(15)24-20(14)19/h4-12H,1-3H3. The normalized spacial score (nSPS) is 12.2. The third-order valence-electron chi connectivity index (χ3n) is 4.38. The number of nitrogens with zero attached hydrogens (tertiary/aromatic N) is 1. The number of rotatable bonds is 1. The molecule has 0 aliphatic carbocycles. The first-order chi connectivity index (χ1) is 11.4. The van der Waals surface area contributed by atoms with Crippen molar-refractivity contribution in [2.75, 3.05) is 0 Å². The number of halogens is 1. The van der Waals surface area contributed by atoms with Crippen molar-refractivity contribution in [3.05, 3.63) is 64.8 Å². The Bertz CT molecular complexity index is 1060. The largest absolute Gasteiger partial charge is 0.455 e. The van der Waals surface area contributed by atoms with Gasteiger partial charge in [0.25, 0.3) is 0 Å². The van der Waals surface area contributed by atoms with Crippen molar-refractivity contribution < 1.29 is 4.42 Å². The van der Waals surface area contributed by atoms with Crippen molar-refractivity contribution >= 4 is 37.9 Å². The molecule has 0 unspecified atom stereocenters. The molecule has 0 bridgehead atoms. The average Bonchev–Trinajstić information content (AvgIpc) is 2.95. The molecule has 0 radical (unpaired) electrons. The van der Waals surface area contributed by atoms with Gasteiger partial charge in [0, 0.05) is 27.0 Å². The Balaban J connectivity index is 2.03. The lowest BCUT2D eigenvalue weighted by Crippen LogP contribution is -2.11. The van der Waals surface area contributed by atoms with Gasteiger partial charge in [-0.2, -0.15) is 0 Å². The Hall–Kier alpha value is -2.13. The summed E-state index contributed by atoms with van der Waals surface area (Å²) in [6.07, 6.45) is 1.88. The Morgan fingerprint density at radius 1 is 1.00 bits per heavy atom.